The van der Waals surface area contributed by atoms with Gasteiger partial charge >= 0.3 is 295 Å². The Morgan fingerprint density at radius 3 is 1.16 bits per heavy atom. The Morgan fingerprint density at radius 1 is 0.380 bits per heavy atom. The first-order valence-electron chi connectivity index (χ1n) is 16.7. The predicted octanol–water partition coefficient (Wildman–Crippen LogP) is 12.6. The zero-order valence-corrected chi connectivity index (χ0v) is 28.5. The molecule has 50 heavy (non-hydrogen) atoms. The molecule has 10 rings (SSSR count). The third kappa shape index (κ3) is 4.16. The average Bonchev–Trinajstić information content (AvgIpc) is 3.56. The zero-order chi connectivity index (χ0) is 33.3. The second-order valence-corrected chi connectivity index (χ2v) is 15.0. The molecule has 0 spiro atoms. The standard InChI is InChI=1S/C46H27NO2Se/c48-47(49)46-35-22-10-8-20-33(35)43(34-21-9-11-23-36(34)46)38-25-13-27-40-45(38)44-37(24-12-26-39(44)50-40)42-31-18-6-4-16-29(31)41(28-14-2-1-3-15-28)30-17-5-7-19-32(30)42/h1-27H. The van der Waals surface area contributed by atoms with Crippen LogP contribution in [0.3, 0.4) is 0 Å². The van der Waals surface area contributed by atoms with Gasteiger partial charge in [-0.25, -0.2) is 0 Å². The van der Waals surface area contributed by atoms with Crippen LogP contribution in [0.15, 0.2) is 164 Å². The maximum atomic E-state index is 12.6. The number of rotatable bonds is 4. The Kier molecular flexibility index (Phi) is 6.50. The van der Waals surface area contributed by atoms with Crippen LogP contribution in [-0.4, -0.2) is 19.4 Å². The fourth-order valence-electron chi connectivity index (χ4n) is 8.21. The van der Waals surface area contributed by atoms with E-state index in [9.17, 15) is 10.1 Å². The molecule has 0 saturated carbocycles. The van der Waals surface area contributed by atoms with E-state index in [1.165, 1.54) is 63.1 Å². The van der Waals surface area contributed by atoms with Crippen molar-refractivity contribution in [2.24, 2.45) is 0 Å². The SMILES string of the molecule is O=[N+]([O-])c1c2ccccc2c(-c2cccc3[se]c4cccc(-c5c6ccccc6c(-c6ccccc6)c6ccccc56)c4c23)c2ccccc12. The van der Waals surface area contributed by atoms with Gasteiger partial charge in [0.05, 0.1) is 0 Å². The first-order valence-corrected chi connectivity index (χ1v) is 18.4. The molecule has 0 bridgehead atoms. The molecule has 0 aliphatic carbocycles. The molecule has 4 heteroatoms. The molecule has 0 aliphatic rings. The fraction of sp³-hybridized carbons (Fsp3) is 0. The summed E-state index contributed by atoms with van der Waals surface area (Å²) in [6, 6.07) is 57.4. The summed E-state index contributed by atoms with van der Waals surface area (Å²) in [6.07, 6.45) is 0. The number of nitro benzene ring substituents is 1. The van der Waals surface area contributed by atoms with Crippen LogP contribution in [0, 0.1) is 10.1 Å². The Balaban J connectivity index is 1.38. The van der Waals surface area contributed by atoms with Crippen LogP contribution < -0.4 is 0 Å². The number of benzene rings is 9. The van der Waals surface area contributed by atoms with Crippen molar-refractivity contribution >= 4 is 82.6 Å². The van der Waals surface area contributed by atoms with Crippen molar-refractivity contribution in [3.05, 3.63) is 174 Å². The first kappa shape index (κ1) is 28.9. The van der Waals surface area contributed by atoms with Crippen LogP contribution in [0.25, 0.3) is 95.8 Å². The molecule has 0 saturated heterocycles. The van der Waals surface area contributed by atoms with Crippen molar-refractivity contribution < 1.29 is 4.92 Å². The number of nitro groups is 1. The minimum absolute atomic E-state index is 0.0959. The molecule has 1 aromatic heterocycles. The Labute approximate surface area is 293 Å². The van der Waals surface area contributed by atoms with Gasteiger partial charge in [0.15, 0.2) is 0 Å². The minimum atomic E-state index is -0.226. The molecule has 234 valence electrons. The molecule has 0 fully saturated rings. The van der Waals surface area contributed by atoms with Crippen molar-refractivity contribution in [3.8, 4) is 33.4 Å². The van der Waals surface area contributed by atoms with Crippen molar-refractivity contribution in [1.82, 2.24) is 0 Å². The summed E-state index contributed by atoms with van der Waals surface area (Å²) >= 11 is 0.0959. The van der Waals surface area contributed by atoms with Gasteiger partial charge in [-0.1, -0.05) is 0 Å². The van der Waals surface area contributed by atoms with Crippen LogP contribution in [-0.2, 0) is 0 Å². The zero-order valence-electron chi connectivity index (χ0n) is 26.8. The summed E-state index contributed by atoms with van der Waals surface area (Å²) in [5.74, 6) is 0. The van der Waals surface area contributed by atoms with Gasteiger partial charge < -0.3 is 0 Å². The van der Waals surface area contributed by atoms with Gasteiger partial charge in [-0.3, -0.25) is 0 Å². The average molecular weight is 705 g/mol. The molecule has 1 heterocycles. The van der Waals surface area contributed by atoms with Gasteiger partial charge in [0.2, 0.25) is 0 Å². The molecule has 9 aromatic carbocycles. The van der Waals surface area contributed by atoms with Crippen molar-refractivity contribution in [2.45, 2.75) is 0 Å². The van der Waals surface area contributed by atoms with E-state index < -0.39 is 0 Å². The van der Waals surface area contributed by atoms with E-state index in [1.807, 2.05) is 48.5 Å². The summed E-state index contributed by atoms with van der Waals surface area (Å²) in [4.78, 5) is 12.3. The molecule has 0 N–H and O–H groups in total. The normalized spacial score (nSPS) is 11.8. The van der Waals surface area contributed by atoms with E-state index in [1.54, 1.807) is 0 Å². The molecule has 0 aliphatic heterocycles. The monoisotopic (exact) mass is 705 g/mol. The molecular weight excluding hydrogens is 677 g/mol. The van der Waals surface area contributed by atoms with E-state index >= 15 is 0 Å². The second kappa shape index (κ2) is 11.2. The number of nitrogens with zero attached hydrogens (tertiary/aromatic N) is 1. The van der Waals surface area contributed by atoms with E-state index in [0.29, 0.717) is 10.8 Å². The maximum absolute atomic E-state index is 12.6. The van der Waals surface area contributed by atoms with Crippen LogP contribution >= 0.6 is 0 Å². The summed E-state index contributed by atoms with van der Waals surface area (Å²) in [6.45, 7) is 0. The first-order chi connectivity index (χ1) is 24.7. The van der Waals surface area contributed by atoms with E-state index in [4.69, 9.17) is 0 Å². The molecule has 0 atom stereocenters. The van der Waals surface area contributed by atoms with Crippen molar-refractivity contribution in [1.29, 1.82) is 0 Å². The molecule has 0 unspecified atom stereocenters. The van der Waals surface area contributed by atoms with E-state index in [2.05, 4.69) is 115 Å². The topological polar surface area (TPSA) is 43.1 Å². The summed E-state index contributed by atoms with van der Waals surface area (Å²) < 4.78 is 2.69. The Bertz CT molecular complexity index is 2900. The predicted molar refractivity (Wildman–Crippen MR) is 211 cm³/mol. The number of non-ortho nitro benzene ring substituents is 1. The quantitative estimate of drug-likeness (QED) is 0.0792. The number of hydrogen-bond donors (Lipinski definition) is 0. The van der Waals surface area contributed by atoms with Crippen LogP contribution in [0.5, 0.6) is 0 Å². The third-order valence-electron chi connectivity index (χ3n) is 10.1. The summed E-state index contributed by atoms with van der Waals surface area (Å²) in [5, 5.41) is 23.1. The Morgan fingerprint density at radius 2 is 0.740 bits per heavy atom. The Hall–Kier alpha value is -6.06. The molecule has 0 amide bonds. The van der Waals surface area contributed by atoms with Crippen molar-refractivity contribution in [2.75, 3.05) is 0 Å². The second-order valence-electron chi connectivity index (χ2n) is 12.7. The molecule has 10 aromatic rings. The van der Waals surface area contributed by atoms with E-state index in [-0.39, 0.29) is 25.1 Å². The molecule has 0 radical (unpaired) electrons. The number of hydrogen-bond acceptors (Lipinski definition) is 2. The molecular formula is C46H27NO2Se. The van der Waals surface area contributed by atoms with Gasteiger partial charge in [-0.2, -0.15) is 0 Å². The van der Waals surface area contributed by atoms with Gasteiger partial charge in [-0.15, -0.1) is 0 Å². The number of fused-ring (bicyclic) bond motifs is 7. The van der Waals surface area contributed by atoms with Gasteiger partial charge in [0, 0.05) is 0 Å². The summed E-state index contributed by atoms with van der Waals surface area (Å²) in [5.41, 5.74) is 7.25. The van der Waals surface area contributed by atoms with Crippen molar-refractivity contribution in [3.63, 3.8) is 0 Å². The van der Waals surface area contributed by atoms with Gasteiger partial charge in [0.1, 0.15) is 0 Å². The summed E-state index contributed by atoms with van der Waals surface area (Å²) in [7, 11) is 0. The van der Waals surface area contributed by atoms with E-state index in [0.717, 1.165) is 21.9 Å². The van der Waals surface area contributed by atoms with Crippen LogP contribution in [0.1, 0.15) is 0 Å². The third-order valence-corrected chi connectivity index (χ3v) is 12.5. The van der Waals surface area contributed by atoms with Crippen LogP contribution in [0.4, 0.5) is 5.69 Å². The molecule has 3 nitrogen and oxygen atoms in total. The van der Waals surface area contributed by atoms with Gasteiger partial charge in [-0.05, 0) is 0 Å². The van der Waals surface area contributed by atoms with Gasteiger partial charge in [0.25, 0.3) is 0 Å². The van der Waals surface area contributed by atoms with Crippen LogP contribution in [0.2, 0.25) is 0 Å². The fourth-order valence-corrected chi connectivity index (χ4v) is 10.6.